The van der Waals surface area contributed by atoms with Crippen molar-refractivity contribution in [3.63, 3.8) is 0 Å². The quantitative estimate of drug-likeness (QED) is 0.317. The van der Waals surface area contributed by atoms with Crippen LogP contribution in [0.4, 0.5) is 0 Å². The summed E-state index contributed by atoms with van der Waals surface area (Å²) in [5.41, 5.74) is 0. The van der Waals surface area contributed by atoms with Crippen molar-refractivity contribution in [2.75, 3.05) is 0 Å². The summed E-state index contributed by atoms with van der Waals surface area (Å²) >= 11 is -1.95. The van der Waals surface area contributed by atoms with Crippen LogP contribution in [0.15, 0.2) is 0 Å². The first-order valence-electron chi connectivity index (χ1n) is 1.37. The molecule has 0 fully saturated rings. The molecule has 0 aliphatic heterocycles. The first-order chi connectivity index (χ1) is 3.06. The van der Waals surface area contributed by atoms with Gasteiger partial charge >= 0.3 is 23.7 Å². The predicted molar refractivity (Wildman–Crippen MR) is 22.5 cm³/mol. The van der Waals surface area contributed by atoms with E-state index in [1.807, 2.05) is 0 Å². The Bertz CT molecular complexity index is 82.1. The maximum atomic E-state index is 9.58. The third kappa shape index (κ3) is 6.60. The van der Waals surface area contributed by atoms with Crippen LogP contribution in [-0.2, 0) is 8.14 Å². The summed E-state index contributed by atoms with van der Waals surface area (Å²) in [7, 11) is -4.35. The Labute approximate surface area is 46.6 Å². The molecule has 0 aliphatic carbocycles. The lowest BCUT2D eigenvalue weighted by Crippen LogP contribution is -1.92. The van der Waals surface area contributed by atoms with Gasteiger partial charge in [-0.1, -0.05) is 0 Å². The highest BCUT2D eigenvalue weighted by atomic mass is 31.2. The molecule has 0 aromatic carbocycles. The molecule has 0 atom stereocenters. The molecule has 0 bridgehead atoms. The van der Waals surface area contributed by atoms with E-state index in [-0.39, 0.29) is 0 Å². The van der Waals surface area contributed by atoms with Gasteiger partial charge in [-0.2, -0.15) is 0 Å². The van der Waals surface area contributed by atoms with E-state index in [2.05, 4.69) is 3.58 Å². The summed E-state index contributed by atoms with van der Waals surface area (Å²) in [6, 6.07) is 0. The Morgan fingerprint density at radius 3 is 2.00 bits per heavy atom. The molecule has 0 rings (SSSR count). The van der Waals surface area contributed by atoms with Crippen LogP contribution in [0.1, 0.15) is 0 Å². The largest absolute Gasteiger partial charge is 0.655 e. The van der Waals surface area contributed by atoms with E-state index < -0.39 is 23.7 Å². The Balaban J connectivity index is 3.36. The zero-order valence-electron chi connectivity index (χ0n) is 3.31. The summed E-state index contributed by atoms with van der Waals surface area (Å²) in [4.78, 5) is 15.6. The van der Waals surface area contributed by atoms with Crippen LogP contribution in [0, 0.1) is 0 Å². The second kappa shape index (κ2) is 2.80. The average Bonchev–Trinajstić information content (AvgIpc) is 1.30. The Kier molecular flexibility index (Phi) is 3.04. The molecule has 3 N–H and O–H groups in total. The minimum atomic E-state index is -4.35. The maximum absolute atomic E-state index is 9.58. The second-order valence-electron chi connectivity index (χ2n) is 0.749. The van der Waals surface area contributed by atoms with Crippen LogP contribution >= 0.6 is 7.82 Å². The van der Waals surface area contributed by atoms with E-state index in [0.29, 0.717) is 0 Å². The SMILES string of the molecule is O=P(O)(O)[O][AlH][OH]. The monoisotopic (exact) mass is 142 g/mol. The lowest BCUT2D eigenvalue weighted by Gasteiger charge is -1.97. The molecule has 5 nitrogen and oxygen atoms in total. The predicted octanol–water partition coefficient (Wildman–Crippen LogP) is -1.65. The van der Waals surface area contributed by atoms with Crippen molar-refractivity contribution in [2.24, 2.45) is 0 Å². The van der Waals surface area contributed by atoms with Gasteiger partial charge in [-0.25, -0.2) is 4.57 Å². The molecule has 0 aromatic heterocycles. The van der Waals surface area contributed by atoms with Crippen molar-refractivity contribution >= 4 is 23.7 Å². The van der Waals surface area contributed by atoms with E-state index in [4.69, 9.17) is 13.9 Å². The number of hydrogen-bond donors (Lipinski definition) is 3. The van der Waals surface area contributed by atoms with Gasteiger partial charge in [-0.05, 0) is 0 Å². The van der Waals surface area contributed by atoms with E-state index >= 15 is 0 Å². The summed E-state index contributed by atoms with van der Waals surface area (Å²) < 4.78 is 21.0. The van der Waals surface area contributed by atoms with Crippen molar-refractivity contribution in [1.29, 1.82) is 0 Å². The molecule has 0 radical (unpaired) electrons. The number of phosphoric acid groups is 1. The summed E-state index contributed by atoms with van der Waals surface area (Å²) in [5.74, 6) is 0. The van der Waals surface area contributed by atoms with Crippen molar-refractivity contribution < 1.29 is 22.1 Å². The highest BCUT2D eigenvalue weighted by molar-refractivity contribution is 7.47. The van der Waals surface area contributed by atoms with Gasteiger partial charge in [-0.3, -0.25) is 0 Å². The average molecular weight is 142 g/mol. The topological polar surface area (TPSA) is 87.0 Å². The van der Waals surface area contributed by atoms with E-state index in [9.17, 15) is 4.57 Å². The van der Waals surface area contributed by atoms with Crippen molar-refractivity contribution in [2.45, 2.75) is 0 Å². The zero-order chi connectivity index (χ0) is 5.91. The zero-order valence-corrected chi connectivity index (χ0v) is 5.62. The molecule has 0 heterocycles. The summed E-state index contributed by atoms with van der Waals surface area (Å²) in [5, 5.41) is 0. The van der Waals surface area contributed by atoms with Crippen molar-refractivity contribution in [1.82, 2.24) is 0 Å². The lowest BCUT2D eigenvalue weighted by atomic mass is 15.7. The Morgan fingerprint density at radius 2 is 2.00 bits per heavy atom. The molecular weight excluding hydrogens is 138 g/mol. The number of hydrogen-bond acceptors (Lipinski definition) is 3. The van der Waals surface area contributed by atoms with Gasteiger partial charge < -0.3 is 17.5 Å². The van der Waals surface area contributed by atoms with Gasteiger partial charge in [0.05, 0.1) is 0 Å². The molecule has 7 heavy (non-hydrogen) atoms. The van der Waals surface area contributed by atoms with Crippen LogP contribution in [0.3, 0.4) is 0 Å². The van der Waals surface area contributed by atoms with Crippen LogP contribution < -0.4 is 0 Å². The fourth-order valence-electron chi connectivity index (χ4n) is 0.0752. The first kappa shape index (κ1) is 7.60. The highest BCUT2D eigenvalue weighted by Crippen LogP contribution is 2.34. The molecular formula is H4AlO5P. The van der Waals surface area contributed by atoms with Gasteiger partial charge in [0.2, 0.25) is 0 Å². The van der Waals surface area contributed by atoms with Gasteiger partial charge in [0.1, 0.15) is 0 Å². The molecule has 0 unspecified atom stereocenters. The third-order valence-corrected chi connectivity index (χ3v) is 2.03. The fourth-order valence-corrected chi connectivity index (χ4v) is 0.677. The van der Waals surface area contributed by atoms with Crippen LogP contribution in [0.2, 0.25) is 0 Å². The summed E-state index contributed by atoms with van der Waals surface area (Å²) in [6.07, 6.45) is 0. The first-order valence-corrected chi connectivity index (χ1v) is 4.11. The smallest absolute Gasteiger partial charge is 0.496 e. The second-order valence-corrected chi connectivity index (χ2v) is 3.02. The van der Waals surface area contributed by atoms with Gasteiger partial charge in [-0.15, -0.1) is 0 Å². The summed E-state index contributed by atoms with van der Waals surface area (Å²) in [6.45, 7) is 0. The standard InChI is InChI=1S/Al.H3O4P.H2O.H/c;1-5(2,3)4;;/h;(H3,1,2,3,4);1H2;/q+2;;;/p-2. The maximum Gasteiger partial charge on any atom is 0.655 e. The minimum Gasteiger partial charge on any atom is -0.496 e. The Morgan fingerprint density at radius 1 is 1.57 bits per heavy atom. The molecule has 7 heteroatoms. The molecule has 0 amide bonds. The molecule has 0 saturated carbocycles. The molecule has 0 spiro atoms. The van der Waals surface area contributed by atoms with Crippen LogP contribution in [-0.4, -0.2) is 29.8 Å². The van der Waals surface area contributed by atoms with E-state index in [0.717, 1.165) is 0 Å². The fraction of sp³-hybridized carbons (Fsp3) is 0. The minimum absolute atomic E-state index is 1.95. The van der Waals surface area contributed by atoms with Crippen molar-refractivity contribution in [3.05, 3.63) is 0 Å². The van der Waals surface area contributed by atoms with Crippen LogP contribution in [0.5, 0.6) is 0 Å². The van der Waals surface area contributed by atoms with Gasteiger partial charge in [0.15, 0.2) is 0 Å². The van der Waals surface area contributed by atoms with Gasteiger partial charge in [0.25, 0.3) is 0 Å². The normalized spacial score (nSPS) is 11.3. The molecule has 0 aromatic rings. The third-order valence-electron chi connectivity index (χ3n) is 0.226. The van der Waals surface area contributed by atoms with Crippen molar-refractivity contribution in [3.8, 4) is 0 Å². The van der Waals surface area contributed by atoms with E-state index in [1.54, 1.807) is 0 Å². The highest BCUT2D eigenvalue weighted by Gasteiger charge is 2.12. The Hall–Kier alpha value is 0.602. The van der Waals surface area contributed by atoms with Gasteiger partial charge in [0, 0.05) is 0 Å². The molecule has 42 valence electrons. The van der Waals surface area contributed by atoms with E-state index in [1.165, 1.54) is 0 Å². The lowest BCUT2D eigenvalue weighted by molar-refractivity contribution is 0.273. The van der Waals surface area contributed by atoms with Crippen LogP contribution in [0.25, 0.3) is 0 Å². The number of rotatable bonds is 2. The molecule has 0 saturated heterocycles. The molecule has 0 aliphatic rings.